The number of hydrogen-bond donors (Lipinski definition) is 1. The van der Waals surface area contributed by atoms with Gasteiger partial charge in [0.25, 0.3) is 5.69 Å². The zero-order valence-electron chi connectivity index (χ0n) is 20.0. The van der Waals surface area contributed by atoms with Crippen LogP contribution in [0.3, 0.4) is 0 Å². The Morgan fingerprint density at radius 1 is 1.19 bits per heavy atom. The second-order valence-electron chi connectivity index (χ2n) is 8.61. The van der Waals surface area contributed by atoms with Crippen LogP contribution in [-0.4, -0.2) is 31.6 Å². The van der Waals surface area contributed by atoms with E-state index in [0.29, 0.717) is 23.1 Å². The molecule has 4 aromatic rings. The summed E-state index contributed by atoms with van der Waals surface area (Å²) in [4.78, 5) is 18.2. The SMILES string of the molecule is COc1ccc(-n2c(C)cc([C@@H]3[C@@H](c4ccccn4)NC(=S)N3Cc3ccco3)c2C)c([N+](=O)[O-])c1. The van der Waals surface area contributed by atoms with E-state index >= 15 is 0 Å². The Kier molecular flexibility index (Phi) is 6.19. The first-order valence-electron chi connectivity index (χ1n) is 11.4. The van der Waals surface area contributed by atoms with Crippen molar-refractivity contribution in [2.45, 2.75) is 32.5 Å². The molecule has 10 heteroatoms. The van der Waals surface area contributed by atoms with Crippen molar-refractivity contribution in [2.75, 3.05) is 7.11 Å². The smallest absolute Gasteiger partial charge is 0.296 e. The van der Waals surface area contributed by atoms with Crippen LogP contribution < -0.4 is 10.1 Å². The number of benzene rings is 1. The van der Waals surface area contributed by atoms with Gasteiger partial charge in [-0.05, 0) is 74.1 Å². The maximum Gasteiger partial charge on any atom is 0.296 e. The standard InChI is InChI=1S/C26H25N5O4S/c1-16-13-20(17(2)30(16)22-10-9-18(34-3)14-23(22)31(32)33)25-24(21-8-4-5-11-27-21)28-26(36)29(25)15-19-7-6-12-35-19/h4-14,24-25H,15H2,1-3H3,(H,28,36)/t24-,25-/m1/s1. The summed E-state index contributed by atoms with van der Waals surface area (Å²) in [6.45, 7) is 4.38. The quantitative estimate of drug-likeness (QED) is 0.209. The van der Waals surface area contributed by atoms with E-state index in [1.807, 2.05) is 48.7 Å². The molecule has 0 amide bonds. The first kappa shape index (κ1) is 23.6. The Morgan fingerprint density at radius 3 is 2.69 bits per heavy atom. The monoisotopic (exact) mass is 503 g/mol. The minimum atomic E-state index is -0.386. The molecule has 9 nitrogen and oxygen atoms in total. The van der Waals surface area contributed by atoms with Crippen LogP contribution in [0.25, 0.3) is 5.69 Å². The summed E-state index contributed by atoms with van der Waals surface area (Å²) in [5, 5.41) is 16.0. The summed E-state index contributed by atoms with van der Waals surface area (Å²) in [6, 6.07) is 16.1. The van der Waals surface area contributed by atoms with E-state index in [9.17, 15) is 10.1 Å². The minimum Gasteiger partial charge on any atom is -0.496 e. The number of methoxy groups -OCH3 is 1. The average molecular weight is 504 g/mol. The van der Waals surface area contributed by atoms with Crippen LogP contribution in [0.15, 0.2) is 71.5 Å². The molecule has 1 aliphatic heterocycles. The zero-order valence-corrected chi connectivity index (χ0v) is 20.9. The number of nitrogens with one attached hydrogen (secondary N) is 1. The number of thiocarbonyl (C=S) groups is 1. The number of furan rings is 1. The Balaban J connectivity index is 1.65. The second kappa shape index (κ2) is 9.46. The highest BCUT2D eigenvalue weighted by Gasteiger charge is 2.42. The van der Waals surface area contributed by atoms with Crippen LogP contribution in [0, 0.1) is 24.0 Å². The van der Waals surface area contributed by atoms with Gasteiger partial charge >= 0.3 is 0 Å². The van der Waals surface area contributed by atoms with Crippen LogP contribution >= 0.6 is 12.2 Å². The lowest BCUT2D eigenvalue weighted by Crippen LogP contribution is -2.29. The molecule has 4 heterocycles. The van der Waals surface area contributed by atoms with Gasteiger partial charge in [-0.25, -0.2) is 0 Å². The molecule has 0 radical (unpaired) electrons. The predicted molar refractivity (Wildman–Crippen MR) is 138 cm³/mol. The van der Waals surface area contributed by atoms with Gasteiger partial charge in [-0.3, -0.25) is 15.1 Å². The number of nitrogens with zero attached hydrogens (tertiary/aromatic N) is 4. The molecule has 5 rings (SSSR count). The van der Waals surface area contributed by atoms with Gasteiger partial charge in [0, 0.05) is 17.6 Å². The van der Waals surface area contributed by atoms with Crippen molar-refractivity contribution in [3.63, 3.8) is 0 Å². The number of aryl methyl sites for hydroxylation is 1. The van der Waals surface area contributed by atoms with Crippen LogP contribution in [0.1, 0.15) is 40.5 Å². The van der Waals surface area contributed by atoms with Gasteiger partial charge in [0.2, 0.25) is 0 Å². The molecule has 3 aromatic heterocycles. The first-order valence-corrected chi connectivity index (χ1v) is 11.8. The summed E-state index contributed by atoms with van der Waals surface area (Å²) in [5.41, 5.74) is 4.03. The largest absolute Gasteiger partial charge is 0.496 e. The normalized spacial score (nSPS) is 17.3. The van der Waals surface area contributed by atoms with Crippen molar-refractivity contribution in [1.29, 1.82) is 0 Å². The van der Waals surface area contributed by atoms with Crippen molar-refractivity contribution in [3.8, 4) is 11.4 Å². The van der Waals surface area contributed by atoms with E-state index < -0.39 is 0 Å². The maximum atomic E-state index is 11.9. The van der Waals surface area contributed by atoms with Crippen molar-refractivity contribution in [1.82, 2.24) is 19.8 Å². The number of aromatic nitrogens is 2. The number of pyridine rings is 1. The highest BCUT2D eigenvalue weighted by atomic mass is 32.1. The van der Waals surface area contributed by atoms with E-state index in [2.05, 4.69) is 21.3 Å². The van der Waals surface area contributed by atoms with Gasteiger partial charge in [-0.15, -0.1) is 0 Å². The lowest BCUT2D eigenvalue weighted by Gasteiger charge is -2.27. The maximum absolute atomic E-state index is 11.9. The van der Waals surface area contributed by atoms with Crippen LogP contribution in [0.5, 0.6) is 5.75 Å². The van der Waals surface area contributed by atoms with Crippen molar-refractivity contribution >= 4 is 23.0 Å². The fourth-order valence-corrected chi connectivity index (χ4v) is 5.21. The molecule has 0 unspecified atom stereocenters. The summed E-state index contributed by atoms with van der Waals surface area (Å²) in [5.74, 6) is 1.21. The fraction of sp³-hybridized carbons (Fsp3) is 0.231. The van der Waals surface area contributed by atoms with Crippen molar-refractivity contribution in [3.05, 3.63) is 106 Å². The third-order valence-electron chi connectivity index (χ3n) is 6.51. The number of ether oxygens (including phenoxy) is 1. The predicted octanol–water partition coefficient (Wildman–Crippen LogP) is 5.17. The molecular weight excluding hydrogens is 478 g/mol. The molecule has 0 saturated carbocycles. The van der Waals surface area contributed by atoms with Gasteiger partial charge < -0.3 is 23.9 Å². The van der Waals surface area contributed by atoms with E-state index in [0.717, 1.165) is 28.4 Å². The van der Waals surface area contributed by atoms with E-state index in [1.165, 1.54) is 13.2 Å². The molecule has 36 heavy (non-hydrogen) atoms. The molecule has 1 N–H and O–H groups in total. The molecule has 1 aromatic carbocycles. The van der Waals surface area contributed by atoms with E-state index in [4.69, 9.17) is 21.4 Å². The summed E-state index contributed by atoms with van der Waals surface area (Å²) in [6.07, 6.45) is 3.40. The molecule has 0 bridgehead atoms. The number of nitro groups is 1. The molecule has 1 saturated heterocycles. The van der Waals surface area contributed by atoms with Gasteiger partial charge in [-0.2, -0.15) is 0 Å². The molecular formula is C26H25N5O4S. The fourth-order valence-electron chi connectivity index (χ4n) is 4.91. The van der Waals surface area contributed by atoms with Gasteiger partial charge in [0.05, 0.1) is 48.7 Å². The van der Waals surface area contributed by atoms with Gasteiger partial charge in [0.1, 0.15) is 17.2 Å². The topological polar surface area (TPSA) is 98.6 Å². The molecule has 1 fully saturated rings. The Bertz CT molecular complexity index is 1420. The lowest BCUT2D eigenvalue weighted by molar-refractivity contribution is -0.384. The molecule has 2 atom stereocenters. The average Bonchev–Trinajstić information content (AvgIpc) is 3.58. The highest BCUT2D eigenvalue weighted by molar-refractivity contribution is 7.80. The summed E-state index contributed by atoms with van der Waals surface area (Å²) < 4.78 is 12.8. The summed E-state index contributed by atoms with van der Waals surface area (Å²) in [7, 11) is 1.49. The van der Waals surface area contributed by atoms with Crippen LogP contribution in [0.2, 0.25) is 0 Å². The number of rotatable bonds is 7. The molecule has 184 valence electrons. The summed E-state index contributed by atoms with van der Waals surface area (Å²) >= 11 is 5.76. The Hall–Kier alpha value is -4.18. The van der Waals surface area contributed by atoms with E-state index in [-0.39, 0.29) is 22.7 Å². The van der Waals surface area contributed by atoms with Crippen LogP contribution in [-0.2, 0) is 6.54 Å². The number of nitro benzene ring substituents is 1. The Labute approximate surface area is 213 Å². The minimum absolute atomic E-state index is 0.0310. The highest BCUT2D eigenvalue weighted by Crippen LogP contribution is 2.43. The third-order valence-corrected chi connectivity index (χ3v) is 6.87. The third kappa shape index (κ3) is 4.09. The van der Waals surface area contributed by atoms with Crippen molar-refractivity contribution in [2.24, 2.45) is 0 Å². The zero-order chi connectivity index (χ0) is 25.4. The number of hydrogen-bond acceptors (Lipinski definition) is 6. The molecule has 0 spiro atoms. The van der Waals surface area contributed by atoms with Gasteiger partial charge in [0.15, 0.2) is 5.11 Å². The van der Waals surface area contributed by atoms with Crippen LogP contribution in [0.4, 0.5) is 5.69 Å². The molecule has 0 aliphatic carbocycles. The van der Waals surface area contributed by atoms with Crippen molar-refractivity contribution < 1.29 is 14.1 Å². The second-order valence-corrected chi connectivity index (χ2v) is 8.99. The lowest BCUT2D eigenvalue weighted by atomic mass is 9.96. The van der Waals surface area contributed by atoms with Gasteiger partial charge in [-0.1, -0.05) is 6.07 Å². The Morgan fingerprint density at radius 2 is 2.03 bits per heavy atom. The van der Waals surface area contributed by atoms with E-state index in [1.54, 1.807) is 24.6 Å². The molecule has 1 aliphatic rings. The first-order chi connectivity index (χ1) is 17.4.